The maximum Gasteiger partial charge on any atom is 0.238 e. The fraction of sp³-hybridized carbons (Fsp3) is 0.167. The molecule has 1 N–H and O–H groups in total. The average Bonchev–Trinajstić information content (AvgIpc) is 3.20. The van der Waals surface area contributed by atoms with Gasteiger partial charge in [-0.3, -0.25) is 4.57 Å². The summed E-state index contributed by atoms with van der Waals surface area (Å²) in [6, 6.07) is 10.3. The normalized spacial score (nSPS) is 11.1. The molecule has 4 aromatic rings. The number of hydrogen-bond acceptors (Lipinski definition) is 5. The zero-order valence-electron chi connectivity index (χ0n) is 13.5. The van der Waals surface area contributed by atoms with E-state index >= 15 is 0 Å². The van der Waals surface area contributed by atoms with Gasteiger partial charge in [-0.15, -0.1) is 11.3 Å². The molecule has 0 aliphatic rings. The first-order valence-corrected chi connectivity index (χ1v) is 8.64. The highest BCUT2D eigenvalue weighted by Crippen LogP contribution is 2.30. The first-order chi connectivity index (χ1) is 11.7. The topological polar surface area (TPSA) is 55.6 Å². The summed E-state index contributed by atoms with van der Waals surface area (Å²) >= 11 is 1.64. The molecule has 0 aliphatic carbocycles. The average molecular weight is 335 g/mol. The minimum absolute atomic E-state index is 0.648. The lowest BCUT2D eigenvalue weighted by Crippen LogP contribution is -2.07. The van der Waals surface area contributed by atoms with Crippen molar-refractivity contribution in [1.82, 2.24) is 19.5 Å². The van der Waals surface area contributed by atoms with Crippen molar-refractivity contribution < 1.29 is 0 Å². The second-order valence-corrected chi connectivity index (χ2v) is 6.51. The van der Waals surface area contributed by atoms with Gasteiger partial charge < -0.3 is 5.32 Å². The summed E-state index contributed by atoms with van der Waals surface area (Å²) in [6.07, 6.45) is 3.65. The molecule has 0 atom stereocenters. The van der Waals surface area contributed by atoms with Crippen LogP contribution in [0, 0.1) is 13.8 Å². The number of aromatic nitrogens is 4. The molecule has 0 amide bonds. The quantitative estimate of drug-likeness (QED) is 0.610. The summed E-state index contributed by atoms with van der Waals surface area (Å²) in [5, 5.41) is 6.69. The van der Waals surface area contributed by atoms with Crippen LogP contribution in [0.1, 0.15) is 17.0 Å². The van der Waals surface area contributed by atoms with Gasteiger partial charge in [0, 0.05) is 18.9 Å². The van der Waals surface area contributed by atoms with E-state index in [1.54, 1.807) is 17.5 Å². The highest BCUT2D eigenvalue weighted by atomic mass is 32.1. The number of thiophene rings is 1. The van der Waals surface area contributed by atoms with Gasteiger partial charge in [0.05, 0.1) is 5.39 Å². The molecule has 3 aromatic heterocycles. The third kappa shape index (κ3) is 2.65. The Labute approximate surface area is 144 Å². The Morgan fingerprint density at radius 2 is 1.96 bits per heavy atom. The van der Waals surface area contributed by atoms with Crippen LogP contribution in [-0.2, 0) is 6.54 Å². The Kier molecular flexibility index (Phi) is 3.74. The molecule has 0 aliphatic heterocycles. The van der Waals surface area contributed by atoms with Crippen molar-refractivity contribution >= 4 is 27.4 Å². The first kappa shape index (κ1) is 14.8. The zero-order chi connectivity index (χ0) is 16.5. The number of rotatable bonds is 4. The van der Waals surface area contributed by atoms with Gasteiger partial charge in [-0.1, -0.05) is 30.3 Å². The van der Waals surface area contributed by atoms with Crippen LogP contribution in [0.25, 0.3) is 16.2 Å². The molecular weight excluding hydrogens is 318 g/mol. The molecule has 0 unspecified atom stereocenters. The van der Waals surface area contributed by atoms with Crippen molar-refractivity contribution in [3.8, 4) is 5.95 Å². The SMILES string of the molecule is Cc1csc2nc(-n3ccnc3C)nc(NCc3ccccc3)c12. The van der Waals surface area contributed by atoms with E-state index in [1.165, 1.54) is 11.1 Å². The Morgan fingerprint density at radius 1 is 1.12 bits per heavy atom. The third-order valence-corrected chi connectivity index (χ3v) is 4.94. The lowest BCUT2D eigenvalue weighted by molar-refractivity contribution is 0.893. The summed E-state index contributed by atoms with van der Waals surface area (Å²) in [4.78, 5) is 14.7. The van der Waals surface area contributed by atoms with Crippen LogP contribution in [0.3, 0.4) is 0 Å². The highest BCUT2D eigenvalue weighted by molar-refractivity contribution is 7.17. The van der Waals surface area contributed by atoms with E-state index in [-0.39, 0.29) is 0 Å². The smallest absolute Gasteiger partial charge is 0.238 e. The van der Waals surface area contributed by atoms with Crippen molar-refractivity contribution in [3.05, 3.63) is 65.1 Å². The lowest BCUT2D eigenvalue weighted by Gasteiger charge is -2.11. The van der Waals surface area contributed by atoms with E-state index in [1.807, 2.05) is 35.9 Å². The standard InChI is InChI=1S/C18H17N5S/c1-12-11-24-17-15(12)16(20-10-14-6-4-3-5-7-14)21-18(22-17)23-9-8-19-13(23)2/h3-9,11H,10H2,1-2H3,(H,20,21,22). The summed E-state index contributed by atoms with van der Waals surface area (Å²) < 4.78 is 1.90. The molecule has 24 heavy (non-hydrogen) atoms. The van der Waals surface area contributed by atoms with Crippen molar-refractivity contribution in [2.75, 3.05) is 5.32 Å². The second kappa shape index (κ2) is 6.05. The number of aryl methyl sites for hydroxylation is 2. The molecule has 6 heteroatoms. The van der Waals surface area contributed by atoms with E-state index in [4.69, 9.17) is 9.97 Å². The number of hydrogen-bond donors (Lipinski definition) is 1. The number of imidazole rings is 1. The largest absolute Gasteiger partial charge is 0.365 e. The molecule has 0 saturated carbocycles. The van der Waals surface area contributed by atoms with Crippen LogP contribution in [0.4, 0.5) is 5.82 Å². The Morgan fingerprint density at radius 3 is 2.71 bits per heavy atom. The summed E-state index contributed by atoms with van der Waals surface area (Å²) in [7, 11) is 0. The van der Waals surface area contributed by atoms with Crippen LogP contribution in [0.15, 0.2) is 48.1 Å². The predicted octanol–water partition coefficient (Wildman–Crippen LogP) is 4.11. The molecule has 0 bridgehead atoms. The van der Waals surface area contributed by atoms with Gasteiger partial charge in [0.15, 0.2) is 0 Å². The van der Waals surface area contributed by atoms with Crippen molar-refractivity contribution in [3.63, 3.8) is 0 Å². The lowest BCUT2D eigenvalue weighted by atomic mass is 10.2. The van der Waals surface area contributed by atoms with E-state index in [9.17, 15) is 0 Å². The van der Waals surface area contributed by atoms with Gasteiger partial charge in [-0.2, -0.15) is 4.98 Å². The van der Waals surface area contributed by atoms with E-state index < -0.39 is 0 Å². The van der Waals surface area contributed by atoms with Crippen LogP contribution in [0.5, 0.6) is 0 Å². The molecule has 5 nitrogen and oxygen atoms in total. The number of nitrogens with one attached hydrogen (secondary N) is 1. The molecule has 3 heterocycles. The summed E-state index contributed by atoms with van der Waals surface area (Å²) in [5.41, 5.74) is 2.41. The van der Waals surface area contributed by atoms with Crippen molar-refractivity contribution in [2.24, 2.45) is 0 Å². The summed E-state index contributed by atoms with van der Waals surface area (Å²) in [6.45, 7) is 4.77. The number of fused-ring (bicyclic) bond motifs is 1. The van der Waals surface area contributed by atoms with Gasteiger partial charge in [0.25, 0.3) is 0 Å². The fourth-order valence-electron chi connectivity index (χ4n) is 2.68. The molecule has 0 radical (unpaired) electrons. The number of anilines is 1. The van der Waals surface area contributed by atoms with Gasteiger partial charge in [-0.05, 0) is 30.4 Å². The molecule has 4 rings (SSSR count). The first-order valence-electron chi connectivity index (χ1n) is 7.76. The molecular formula is C18H17N5S. The van der Waals surface area contributed by atoms with Crippen LogP contribution >= 0.6 is 11.3 Å². The van der Waals surface area contributed by atoms with Crippen molar-refractivity contribution in [1.29, 1.82) is 0 Å². The van der Waals surface area contributed by atoms with Crippen molar-refractivity contribution in [2.45, 2.75) is 20.4 Å². The fourth-order valence-corrected chi connectivity index (χ4v) is 3.60. The van der Waals surface area contributed by atoms with E-state index in [0.717, 1.165) is 28.4 Å². The predicted molar refractivity (Wildman–Crippen MR) is 97.8 cm³/mol. The summed E-state index contributed by atoms with van der Waals surface area (Å²) in [5.74, 6) is 2.39. The maximum absolute atomic E-state index is 4.76. The number of benzene rings is 1. The van der Waals surface area contributed by atoms with Gasteiger partial charge in [0.1, 0.15) is 16.5 Å². The van der Waals surface area contributed by atoms with Gasteiger partial charge >= 0.3 is 0 Å². The molecule has 120 valence electrons. The Hall–Kier alpha value is -2.73. The van der Waals surface area contributed by atoms with Gasteiger partial charge in [0.2, 0.25) is 5.95 Å². The Bertz CT molecular complexity index is 987. The second-order valence-electron chi connectivity index (χ2n) is 5.65. The monoisotopic (exact) mass is 335 g/mol. The van der Waals surface area contributed by atoms with E-state index in [0.29, 0.717) is 5.95 Å². The highest BCUT2D eigenvalue weighted by Gasteiger charge is 2.14. The van der Waals surface area contributed by atoms with Crippen LogP contribution in [0.2, 0.25) is 0 Å². The third-order valence-electron chi connectivity index (χ3n) is 3.95. The number of nitrogens with zero attached hydrogens (tertiary/aromatic N) is 4. The van der Waals surface area contributed by atoms with E-state index in [2.05, 4.69) is 34.7 Å². The van der Waals surface area contributed by atoms with Gasteiger partial charge in [-0.25, -0.2) is 9.97 Å². The minimum Gasteiger partial charge on any atom is -0.365 e. The maximum atomic E-state index is 4.76. The Balaban J connectivity index is 1.77. The minimum atomic E-state index is 0.648. The van der Waals surface area contributed by atoms with Crippen LogP contribution in [-0.4, -0.2) is 19.5 Å². The molecule has 0 spiro atoms. The zero-order valence-corrected chi connectivity index (χ0v) is 14.3. The molecule has 0 saturated heterocycles. The van der Waals surface area contributed by atoms with Crippen LogP contribution < -0.4 is 5.32 Å². The molecule has 1 aromatic carbocycles. The molecule has 0 fully saturated rings.